The molecule has 2 N–H and O–H groups in total. The van der Waals surface area contributed by atoms with Gasteiger partial charge in [-0.3, -0.25) is 0 Å². The van der Waals surface area contributed by atoms with Gasteiger partial charge in [-0.1, -0.05) is 23.2 Å². The summed E-state index contributed by atoms with van der Waals surface area (Å²) in [5, 5.41) is 12.9. The molecular weight excluding hydrogens is 319 g/mol. The Morgan fingerprint density at radius 3 is 2.71 bits per heavy atom. The van der Waals surface area contributed by atoms with Crippen molar-refractivity contribution in [1.29, 1.82) is 0 Å². The Hall–Kier alpha value is -1.50. The molecule has 0 aliphatic carbocycles. The molecule has 0 saturated carbocycles. The van der Waals surface area contributed by atoms with E-state index in [0.717, 1.165) is 0 Å². The maximum atomic E-state index is 12.2. The van der Waals surface area contributed by atoms with Gasteiger partial charge in [0.15, 0.2) is 0 Å². The minimum absolute atomic E-state index is 0.0624. The number of carbonyl (C=O) groups is 2. The molecule has 1 aliphatic heterocycles. The number of ether oxygens (including phenoxy) is 1. The lowest BCUT2D eigenvalue weighted by atomic mass is 10.2. The molecule has 0 bridgehead atoms. The van der Waals surface area contributed by atoms with Crippen molar-refractivity contribution in [2.45, 2.75) is 18.6 Å². The normalized spacial score (nSPS) is 21.2. The van der Waals surface area contributed by atoms with E-state index in [1.807, 2.05) is 0 Å². The van der Waals surface area contributed by atoms with E-state index >= 15 is 0 Å². The first-order valence-corrected chi connectivity index (χ1v) is 6.96. The van der Waals surface area contributed by atoms with Gasteiger partial charge in [-0.05, 0) is 18.2 Å². The number of rotatable bonds is 2. The molecule has 6 nitrogen and oxygen atoms in total. The second kappa shape index (κ2) is 6.51. The fourth-order valence-corrected chi connectivity index (χ4v) is 2.46. The number of β-amino-alcohol motifs (C(OH)–C–C–N with tert-alkyl or cyclic N) is 1. The smallest absolute Gasteiger partial charge is 0.328 e. The van der Waals surface area contributed by atoms with E-state index in [1.165, 1.54) is 18.1 Å². The number of hydrogen-bond donors (Lipinski definition) is 2. The van der Waals surface area contributed by atoms with Crippen LogP contribution in [0.3, 0.4) is 0 Å². The number of hydrogen-bond acceptors (Lipinski definition) is 4. The lowest BCUT2D eigenvalue weighted by Crippen LogP contribution is -2.43. The highest BCUT2D eigenvalue weighted by Gasteiger charge is 2.39. The average molecular weight is 333 g/mol. The van der Waals surface area contributed by atoms with E-state index in [0.29, 0.717) is 15.7 Å². The second-order valence-electron chi connectivity index (χ2n) is 4.64. The summed E-state index contributed by atoms with van der Waals surface area (Å²) in [7, 11) is 1.24. The molecule has 1 saturated heterocycles. The monoisotopic (exact) mass is 332 g/mol. The van der Waals surface area contributed by atoms with Crippen molar-refractivity contribution >= 4 is 40.9 Å². The quantitative estimate of drug-likeness (QED) is 0.813. The number of aliphatic hydroxyl groups is 1. The molecule has 0 aromatic heterocycles. The van der Waals surface area contributed by atoms with Gasteiger partial charge < -0.3 is 20.1 Å². The summed E-state index contributed by atoms with van der Waals surface area (Å²) < 4.78 is 4.64. The van der Waals surface area contributed by atoms with Crippen LogP contribution in [0.4, 0.5) is 10.5 Å². The molecule has 1 aliphatic rings. The average Bonchev–Trinajstić information content (AvgIpc) is 2.84. The van der Waals surface area contributed by atoms with Gasteiger partial charge in [0.1, 0.15) is 6.04 Å². The third kappa shape index (κ3) is 3.58. The zero-order valence-electron chi connectivity index (χ0n) is 11.2. The van der Waals surface area contributed by atoms with Crippen LogP contribution in [0.2, 0.25) is 10.0 Å². The minimum atomic E-state index is -0.798. The van der Waals surface area contributed by atoms with Crippen LogP contribution < -0.4 is 5.32 Å². The maximum Gasteiger partial charge on any atom is 0.328 e. The lowest BCUT2D eigenvalue weighted by molar-refractivity contribution is -0.144. The van der Waals surface area contributed by atoms with Crippen molar-refractivity contribution in [2.75, 3.05) is 19.0 Å². The first-order chi connectivity index (χ1) is 9.92. The molecule has 1 heterocycles. The van der Waals surface area contributed by atoms with E-state index in [2.05, 4.69) is 10.1 Å². The van der Waals surface area contributed by atoms with Crippen LogP contribution in [0, 0.1) is 0 Å². The van der Waals surface area contributed by atoms with Crippen LogP contribution in [-0.2, 0) is 9.53 Å². The molecule has 0 spiro atoms. The van der Waals surface area contributed by atoms with Gasteiger partial charge in [0.25, 0.3) is 0 Å². The number of esters is 1. The number of halogens is 2. The van der Waals surface area contributed by atoms with Crippen molar-refractivity contribution in [3.8, 4) is 0 Å². The number of benzene rings is 1. The fraction of sp³-hybridized carbons (Fsp3) is 0.385. The van der Waals surface area contributed by atoms with Crippen molar-refractivity contribution in [1.82, 2.24) is 4.90 Å². The highest BCUT2D eigenvalue weighted by atomic mass is 35.5. The number of carbonyl (C=O) groups excluding carboxylic acids is 2. The summed E-state index contributed by atoms with van der Waals surface area (Å²) in [6, 6.07) is 3.33. The molecule has 1 aromatic rings. The topological polar surface area (TPSA) is 78.9 Å². The number of methoxy groups -OCH3 is 1. The molecule has 21 heavy (non-hydrogen) atoms. The summed E-state index contributed by atoms with van der Waals surface area (Å²) in [6.07, 6.45) is -0.602. The van der Waals surface area contributed by atoms with E-state index in [-0.39, 0.29) is 13.0 Å². The van der Waals surface area contributed by atoms with Crippen molar-refractivity contribution in [2.24, 2.45) is 0 Å². The number of likely N-dealkylation sites (tertiary alicyclic amines) is 1. The van der Waals surface area contributed by atoms with Crippen LogP contribution in [0.15, 0.2) is 18.2 Å². The Labute approximate surface area is 131 Å². The largest absolute Gasteiger partial charge is 0.467 e. The number of nitrogens with zero attached hydrogens (tertiary/aromatic N) is 1. The predicted octanol–water partition coefficient (Wildman–Crippen LogP) is 2.13. The number of anilines is 1. The molecule has 8 heteroatoms. The van der Waals surface area contributed by atoms with Gasteiger partial charge in [-0.2, -0.15) is 0 Å². The number of amides is 2. The molecule has 114 valence electrons. The Bertz CT molecular complexity index is 567. The van der Waals surface area contributed by atoms with Gasteiger partial charge in [-0.15, -0.1) is 0 Å². The molecule has 2 atom stereocenters. The van der Waals surface area contributed by atoms with Gasteiger partial charge in [-0.25, -0.2) is 9.59 Å². The number of aliphatic hydroxyl groups excluding tert-OH is 1. The SMILES string of the molecule is COC(=O)[C@@H]1C[C@@H](O)CN1C(=O)Nc1ccc(Cl)c(Cl)c1. The predicted molar refractivity (Wildman–Crippen MR) is 78.6 cm³/mol. The second-order valence-corrected chi connectivity index (χ2v) is 5.45. The zero-order chi connectivity index (χ0) is 15.6. The summed E-state index contributed by atoms with van der Waals surface area (Å²) in [6.45, 7) is 0.0624. The van der Waals surface area contributed by atoms with Gasteiger partial charge in [0, 0.05) is 18.7 Å². The molecule has 0 unspecified atom stereocenters. The molecule has 1 aromatic carbocycles. The first-order valence-electron chi connectivity index (χ1n) is 6.21. The van der Waals surface area contributed by atoms with Crippen LogP contribution >= 0.6 is 23.2 Å². The zero-order valence-corrected chi connectivity index (χ0v) is 12.7. The van der Waals surface area contributed by atoms with Crippen LogP contribution in [-0.4, -0.2) is 47.8 Å². The standard InChI is InChI=1S/C13H14Cl2N2O4/c1-21-12(19)11-5-8(18)6-17(11)13(20)16-7-2-3-9(14)10(15)4-7/h2-4,8,11,18H,5-6H2,1H3,(H,16,20)/t8-,11+/m1/s1. The highest BCUT2D eigenvalue weighted by molar-refractivity contribution is 6.42. The first kappa shape index (κ1) is 15.9. The van der Waals surface area contributed by atoms with E-state index in [1.54, 1.807) is 12.1 Å². The third-order valence-electron chi connectivity index (χ3n) is 3.18. The maximum absolute atomic E-state index is 12.2. The van der Waals surface area contributed by atoms with E-state index < -0.39 is 24.1 Å². The molecule has 2 amide bonds. The highest BCUT2D eigenvalue weighted by Crippen LogP contribution is 2.26. The summed E-state index contributed by atoms with van der Waals surface area (Å²) in [5.41, 5.74) is 0.444. The van der Waals surface area contributed by atoms with E-state index in [4.69, 9.17) is 23.2 Å². The van der Waals surface area contributed by atoms with Crippen LogP contribution in [0.1, 0.15) is 6.42 Å². The summed E-state index contributed by atoms with van der Waals surface area (Å²) >= 11 is 11.7. The third-order valence-corrected chi connectivity index (χ3v) is 3.92. The molecular formula is C13H14Cl2N2O4. The summed E-state index contributed by atoms with van der Waals surface area (Å²) in [4.78, 5) is 25.1. The number of nitrogens with one attached hydrogen (secondary N) is 1. The Morgan fingerprint density at radius 2 is 2.10 bits per heavy atom. The molecule has 1 fully saturated rings. The van der Waals surface area contributed by atoms with Crippen molar-refractivity contribution in [3.63, 3.8) is 0 Å². The van der Waals surface area contributed by atoms with Gasteiger partial charge >= 0.3 is 12.0 Å². The number of urea groups is 1. The van der Waals surface area contributed by atoms with Crippen LogP contribution in [0.5, 0.6) is 0 Å². The Morgan fingerprint density at radius 1 is 1.38 bits per heavy atom. The Kier molecular flexibility index (Phi) is 4.92. The van der Waals surface area contributed by atoms with Gasteiger partial charge in [0.05, 0.1) is 23.3 Å². The molecule has 0 radical (unpaired) electrons. The van der Waals surface area contributed by atoms with Crippen LogP contribution in [0.25, 0.3) is 0 Å². The lowest BCUT2D eigenvalue weighted by Gasteiger charge is -2.22. The Balaban J connectivity index is 2.11. The summed E-state index contributed by atoms with van der Waals surface area (Å²) in [5.74, 6) is -0.559. The van der Waals surface area contributed by atoms with Crippen molar-refractivity contribution in [3.05, 3.63) is 28.2 Å². The van der Waals surface area contributed by atoms with E-state index in [9.17, 15) is 14.7 Å². The van der Waals surface area contributed by atoms with Gasteiger partial charge in [0.2, 0.25) is 0 Å². The minimum Gasteiger partial charge on any atom is -0.467 e. The molecule has 2 rings (SSSR count). The van der Waals surface area contributed by atoms with Crippen molar-refractivity contribution < 1.29 is 19.4 Å². The fourth-order valence-electron chi connectivity index (χ4n) is 2.17.